The molecule has 0 amide bonds. The molecule has 8 heteroatoms. The highest BCUT2D eigenvalue weighted by atomic mass is 32.2. The lowest BCUT2D eigenvalue weighted by Gasteiger charge is -2.42. The van der Waals surface area contributed by atoms with Gasteiger partial charge in [-0.2, -0.15) is 0 Å². The maximum atomic E-state index is 11.4. The zero-order valence-corrected chi connectivity index (χ0v) is 14.1. The van der Waals surface area contributed by atoms with Gasteiger partial charge in [0.05, 0.1) is 6.61 Å². The zero-order valence-electron chi connectivity index (χ0n) is 13.3. The van der Waals surface area contributed by atoms with Gasteiger partial charge in [0.2, 0.25) is 0 Å². The van der Waals surface area contributed by atoms with Crippen molar-refractivity contribution in [1.29, 1.82) is 0 Å². The molecule has 0 bridgehead atoms. The van der Waals surface area contributed by atoms with Gasteiger partial charge in [0.25, 0.3) is 0 Å². The summed E-state index contributed by atoms with van der Waals surface area (Å²) >= 11 is 1.25. The van der Waals surface area contributed by atoms with E-state index >= 15 is 0 Å². The summed E-state index contributed by atoms with van der Waals surface area (Å²) in [6, 6.07) is 9.23. The first-order valence-electron chi connectivity index (χ1n) is 7.43. The quantitative estimate of drug-likeness (QED) is 0.744. The van der Waals surface area contributed by atoms with E-state index in [4.69, 9.17) is 14.2 Å². The van der Waals surface area contributed by atoms with Crippen LogP contribution in [0.15, 0.2) is 35.2 Å². The average molecular weight is 356 g/mol. The molecule has 7 nitrogen and oxygen atoms in total. The number of carbonyl (C=O) groups excluding carboxylic acids is 2. The molecular formula is C16H20O7S. The Morgan fingerprint density at radius 3 is 2.25 bits per heavy atom. The lowest BCUT2D eigenvalue weighted by Crippen LogP contribution is -2.60. The molecule has 0 spiro atoms. The van der Waals surface area contributed by atoms with Gasteiger partial charge in [0.1, 0.15) is 17.6 Å². The first-order chi connectivity index (χ1) is 11.4. The van der Waals surface area contributed by atoms with E-state index in [0.717, 1.165) is 4.90 Å². The number of hydrogen-bond acceptors (Lipinski definition) is 8. The van der Waals surface area contributed by atoms with Crippen molar-refractivity contribution in [2.24, 2.45) is 0 Å². The number of hydrogen-bond donors (Lipinski definition) is 2. The van der Waals surface area contributed by atoms with Crippen LogP contribution in [0.3, 0.4) is 0 Å². The van der Waals surface area contributed by atoms with Crippen LogP contribution in [0.25, 0.3) is 0 Å². The molecule has 0 aromatic heterocycles. The van der Waals surface area contributed by atoms with Crippen LogP contribution >= 0.6 is 11.8 Å². The molecule has 2 N–H and O–H groups in total. The number of benzene rings is 1. The van der Waals surface area contributed by atoms with Gasteiger partial charge in [0, 0.05) is 18.7 Å². The molecular weight excluding hydrogens is 336 g/mol. The third-order valence-electron chi connectivity index (χ3n) is 3.40. The van der Waals surface area contributed by atoms with E-state index in [1.807, 2.05) is 30.3 Å². The van der Waals surface area contributed by atoms with Crippen molar-refractivity contribution in [1.82, 2.24) is 0 Å². The number of rotatable bonds is 5. The molecule has 2 rings (SSSR count). The number of aliphatic hydroxyl groups is 2. The van der Waals surface area contributed by atoms with E-state index in [0.29, 0.717) is 0 Å². The highest BCUT2D eigenvalue weighted by Crippen LogP contribution is 2.35. The summed E-state index contributed by atoms with van der Waals surface area (Å²) in [5.74, 6) is -1.22. The Bertz CT molecular complexity index is 565. The van der Waals surface area contributed by atoms with Gasteiger partial charge in [-0.3, -0.25) is 9.59 Å². The molecule has 1 aromatic carbocycles. The second kappa shape index (κ2) is 8.48. The van der Waals surface area contributed by atoms with Crippen LogP contribution in [0.4, 0.5) is 0 Å². The van der Waals surface area contributed by atoms with Gasteiger partial charge in [-0.05, 0) is 12.1 Å². The topological polar surface area (TPSA) is 102 Å². The summed E-state index contributed by atoms with van der Waals surface area (Å²) in [6.07, 6.45) is -4.40. The molecule has 1 heterocycles. The van der Waals surface area contributed by atoms with Gasteiger partial charge in [-0.1, -0.05) is 30.0 Å². The summed E-state index contributed by atoms with van der Waals surface area (Å²) in [5, 5.41) is 20.0. The van der Waals surface area contributed by atoms with Gasteiger partial charge >= 0.3 is 11.9 Å². The number of thioether (sulfide) groups is 1. The molecule has 1 aliphatic heterocycles. The summed E-state index contributed by atoms with van der Waals surface area (Å²) in [7, 11) is 0. The molecule has 1 aromatic rings. The van der Waals surface area contributed by atoms with E-state index in [2.05, 4.69) is 0 Å². The van der Waals surface area contributed by atoms with E-state index in [9.17, 15) is 19.8 Å². The Hall–Kier alpha value is -1.61. The summed E-state index contributed by atoms with van der Waals surface area (Å²) in [4.78, 5) is 23.5. The van der Waals surface area contributed by atoms with Gasteiger partial charge < -0.3 is 24.4 Å². The van der Waals surface area contributed by atoms with Gasteiger partial charge in [0.15, 0.2) is 12.2 Å². The molecule has 0 unspecified atom stereocenters. The normalized spacial score (nSPS) is 29.8. The molecule has 0 radical (unpaired) electrons. The minimum absolute atomic E-state index is 0.451. The summed E-state index contributed by atoms with van der Waals surface area (Å²) in [6.45, 7) is 1.95. The van der Waals surface area contributed by atoms with Crippen molar-refractivity contribution in [3.63, 3.8) is 0 Å². The van der Waals surface area contributed by atoms with Crippen molar-refractivity contribution in [2.45, 2.75) is 48.6 Å². The van der Waals surface area contributed by atoms with Crippen molar-refractivity contribution in [3.8, 4) is 0 Å². The molecule has 132 valence electrons. The Balaban J connectivity index is 2.23. The Morgan fingerprint density at radius 1 is 1.12 bits per heavy atom. The summed E-state index contributed by atoms with van der Waals surface area (Å²) < 4.78 is 16.0. The van der Waals surface area contributed by atoms with Crippen molar-refractivity contribution < 1.29 is 34.0 Å². The molecule has 0 aliphatic carbocycles. The van der Waals surface area contributed by atoms with Crippen LogP contribution in [0.1, 0.15) is 13.8 Å². The predicted octanol–water partition coefficient (Wildman–Crippen LogP) is 0.720. The van der Waals surface area contributed by atoms with Crippen molar-refractivity contribution in [3.05, 3.63) is 30.3 Å². The fourth-order valence-electron chi connectivity index (χ4n) is 2.42. The Kier molecular flexibility index (Phi) is 6.61. The van der Waals surface area contributed by atoms with Crippen molar-refractivity contribution >= 4 is 23.7 Å². The first-order valence-corrected chi connectivity index (χ1v) is 8.31. The highest BCUT2D eigenvalue weighted by Gasteiger charge is 2.49. The fraction of sp³-hybridized carbons (Fsp3) is 0.500. The lowest BCUT2D eigenvalue weighted by atomic mass is 10.00. The van der Waals surface area contributed by atoms with Gasteiger partial charge in [-0.15, -0.1) is 0 Å². The van der Waals surface area contributed by atoms with Crippen LogP contribution in [0.5, 0.6) is 0 Å². The second-order valence-corrected chi connectivity index (χ2v) is 6.47. The predicted molar refractivity (Wildman–Crippen MR) is 85.2 cm³/mol. The Labute approximate surface area is 143 Å². The van der Waals surface area contributed by atoms with Crippen molar-refractivity contribution in [2.75, 3.05) is 6.61 Å². The van der Waals surface area contributed by atoms with Crippen LogP contribution in [-0.4, -0.2) is 58.6 Å². The minimum Gasteiger partial charge on any atom is -0.457 e. The zero-order chi connectivity index (χ0) is 17.7. The summed E-state index contributed by atoms with van der Waals surface area (Å²) in [5.41, 5.74) is -0.754. The third-order valence-corrected chi connectivity index (χ3v) is 4.55. The lowest BCUT2D eigenvalue weighted by molar-refractivity contribution is -0.227. The SMILES string of the molecule is CC(=O)O[C@@H]1[C@@H](O)[C@H](OC(C)=O)[C@@H](CO)O[C@H]1Sc1ccccc1. The number of aliphatic hydroxyl groups excluding tert-OH is 2. The Morgan fingerprint density at radius 2 is 1.71 bits per heavy atom. The van der Waals surface area contributed by atoms with Crippen LogP contribution < -0.4 is 0 Å². The maximum absolute atomic E-state index is 11.4. The average Bonchev–Trinajstić information content (AvgIpc) is 2.53. The van der Waals surface area contributed by atoms with E-state index in [1.54, 1.807) is 0 Å². The number of carbonyl (C=O) groups is 2. The fourth-order valence-corrected chi connectivity index (χ4v) is 3.56. The number of ether oxygens (including phenoxy) is 3. The third kappa shape index (κ3) is 4.70. The van der Waals surface area contributed by atoms with Crippen LogP contribution in [-0.2, 0) is 23.8 Å². The number of esters is 2. The van der Waals surface area contributed by atoms with E-state index < -0.39 is 48.4 Å². The monoisotopic (exact) mass is 356 g/mol. The molecule has 0 saturated carbocycles. The van der Waals surface area contributed by atoms with E-state index in [1.165, 1.54) is 25.6 Å². The molecule has 24 heavy (non-hydrogen) atoms. The largest absolute Gasteiger partial charge is 0.457 e. The van der Waals surface area contributed by atoms with Gasteiger partial charge in [-0.25, -0.2) is 0 Å². The maximum Gasteiger partial charge on any atom is 0.303 e. The molecule has 5 atom stereocenters. The van der Waals surface area contributed by atoms with Crippen LogP contribution in [0, 0.1) is 0 Å². The van der Waals surface area contributed by atoms with Crippen LogP contribution in [0.2, 0.25) is 0 Å². The molecule has 1 aliphatic rings. The highest BCUT2D eigenvalue weighted by molar-refractivity contribution is 7.99. The standard InChI is InChI=1S/C16H20O7S/c1-9(18)21-14-12(8-17)23-16(15(13(14)20)22-10(2)19)24-11-6-4-3-5-7-11/h3-7,12-17,20H,8H2,1-2H3/t12-,13+,14-,15-,16+/m1/s1. The smallest absolute Gasteiger partial charge is 0.303 e. The second-order valence-electron chi connectivity index (χ2n) is 5.30. The molecule has 1 saturated heterocycles. The minimum atomic E-state index is -1.31. The first kappa shape index (κ1) is 18.7. The van der Waals surface area contributed by atoms with E-state index in [-0.39, 0.29) is 0 Å². The molecule has 1 fully saturated rings.